The number of fused-ring (bicyclic) bond motifs is 1. The van der Waals surface area contributed by atoms with Crippen LogP contribution in [0.2, 0.25) is 0 Å². The zero-order valence-corrected chi connectivity index (χ0v) is 17.3. The van der Waals surface area contributed by atoms with Crippen molar-refractivity contribution in [3.05, 3.63) is 57.7 Å². The van der Waals surface area contributed by atoms with Gasteiger partial charge in [0.2, 0.25) is 5.43 Å². The molecular formula is C23H26FN3O3. The molecule has 1 saturated heterocycles. The van der Waals surface area contributed by atoms with Gasteiger partial charge in [-0.25, -0.2) is 9.18 Å². The van der Waals surface area contributed by atoms with Crippen molar-refractivity contribution >= 4 is 28.1 Å². The quantitative estimate of drug-likeness (QED) is 0.782. The van der Waals surface area contributed by atoms with Gasteiger partial charge in [-0.1, -0.05) is 18.2 Å². The lowest BCUT2D eigenvalue weighted by atomic mass is 9.98. The van der Waals surface area contributed by atoms with E-state index in [1.807, 2.05) is 30.2 Å². The van der Waals surface area contributed by atoms with Crippen LogP contribution in [0.1, 0.15) is 35.8 Å². The lowest BCUT2D eigenvalue weighted by molar-refractivity contribution is 0.0524. The zero-order chi connectivity index (χ0) is 21.3. The summed E-state index contributed by atoms with van der Waals surface area (Å²) in [6.45, 7) is 4.96. The Hall–Kier alpha value is -2.93. The molecule has 1 N–H and O–H groups in total. The lowest BCUT2D eigenvalue weighted by Crippen LogP contribution is -2.44. The second-order valence-electron chi connectivity index (χ2n) is 7.70. The van der Waals surface area contributed by atoms with Crippen molar-refractivity contribution in [1.29, 1.82) is 0 Å². The van der Waals surface area contributed by atoms with E-state index >= 15 is 0 Å². The van der Waals surface area contributed by atoms with Gasteiger partial charge < -0.3 is 19.5 Å². The maximum Gasteiger partial charge on any atom is 0.344 e. The monoisotopic (exact) mass is 411 g/mol. The number of anilines is 1. The molecule has 0 unspecified atom stereocenters. The van der Waals surface area contributed by atoms with Crippen LogP contribution in [0.4, 0.5) is 10.1 Å². The van der Waals surface area contributed by atoms with Gasteiger partial charge in [0.15, 0.2) is 0 Å². The summed E-state index contributed by atoms with van der Waals surface area (Å²) in [4.78, 5) is 33.3. The van der Waals surface area contributed by atoms with Crippen LogP contribution in [0, 0.1) is 5.82 Å². The summed E-state index contributed by atoms with van der Waals surface area (Å²) in [6, 6.07) is 2.92. The number of hydrogen-bond donors (Lipinski definition) is 1. The van der Waals surface area contributed by atoms with Gasteiger partial charge in [-0.3, -0.25) is 4.79 Å². The molecule has 0 amide bonds. The van der Waals surface area contributed by atoms with Crippen molar-refractivity contribution < 1.29 is 13.9 Å². The Morgan fingerprint density at radius 2 is 1.97 bits per heavy atom. The normalized spacial score (nSPS) is 17.3. The van der Waals surface area contributed by atoms with E-state index < -0.39 is 17.2 Å². The first-order valence-corrected chi connectivity index (χ1v) is 10.4. The maximum absolute atomic E-state index is 15.0. The molecule has 0 spiro atoms. The van der Waals surface area contributed by atoms with Crippen molar-refractivity contribution in [3.8, 4) is 0 Å². The minimum Gasteiger partial charge on any atom is -0.462 e. The number of H-pyrrole nitrogens is 1. The fourth-order valence-corrected chi connectivity index (χ4v) is 4.00. The number of rotatable bonds is 4. The minimum absolute atomic E-state index is 0.0751. The standard InChI is InChI=1S/C23H26FN3O3/c1-3-30-23(29)20-21(15-7-5-4-6-8-15)25-18-14-19(17(24)13-16(18)22(20)28)27-11-9-26(2)10-12-27/h5,7-8,13-14H,3-4,6,9-12H2,1-2H3,(H,25,28). The Labute approximate surface area is 174 Å². The summed E-state index contributed by atoms with van der Waals surface area (Å²) in [7, 11) is 2.04. The number of pyridine rings is 1. The number of esters is 1. The van der Waals surface area contributed by atoms with Crippen LogP contribution in [0.3, 0.4) is 0 Å². The van der Waals surface area contributed by atoms with Crippen LogP contribution >= 0.6 is 0 Å². The molecule has 1 aromatic heterocycles. The van der Waals surface area contributed by atoms with Gasteiger partial charge >= 0.3 is 5.97 Å². The van der Waals surface area contributed by atoms with E-state index in [2.05, 4.69) is 9.88 Å². The molecule has 1 aromatic carbocycles. The Morgan fingerprint density at radius 1 is 1.20 bits per heavy atom. The lowest BCUT2D eigenvalue weighted by Gasteiger charge is -2.34. The smallest absolute Gasteiger partial charge is 0.344 e. The number of likely N-dealkylation sites (N-methyl/N-ethyl adjacent to an activating group) is 1. The number of benzene rings is 1. The topological polar surface area (TPSA) is 65.6 Å². The Morgan fingerprint density at radius 3 is 2.63 bits per heavy atom. The molecule has 6 nitrogen and oxygen atoms in total. The largest absolute Gasteiger partial charge is 0.462 e. The van der Waals surface area contributed by atoms with Crippen molar-refractivity contribution in [2.45, 2.75) is 19.8 Å². The highest BCUT2D eigenvalue weighted by molar-refractivity contribution is 6.00. The Kier molecular flexibility index (Phi) is 5.72. The van der Waals surface area contributed by atoms with Crippen molar-refractivity contribution in [2.24, 2.45) is 0 Å². The summed E-state index contributed by atoms with van der Waals surface area (Å²) >= 11 is 0. The summed E-state index contributed by atoms with van der Waals surface area (Å²) in [5, 5.41) is 0.151. The first-order valence-electron chi connectivity index (χ1n) is 10.4. The maximum atomic E-state index is 15.0. The predicted octanol–water partition coefficient (Wildman–Crippen LogP) is 3.33. The Balaban J connectivity index is 1.89. The van der Waals surface area contributed by atoms with E-state index in [1.54, 1.807) is 13.0 Å². The predicted molar refractivity (Wildman–Crippen MR) is 117 cm³/mol. The minimum atomic E-state index is -0.695. The molecule has 2 aromatic rings. The molecule has 2 aliphatic rings. The number of halogens is 1. The number of aromatic amines is 1. The first kappa shape index (κ1) is 20.3. The number of carbonyl (C=O) groups is 1. The van der Waals surface area contributed by atoms with Crippen molar-refractivity contribution in [3.63, 3.8) is 0 Å². The van der Waals surface area contributed by atoms with E-state index in [0.29, 0.717) is 30.0 Å². The highest BCUT2D eigenvalue weighted by Gasteiger charge is 2.24. The SMILES string of the molecule is CCOC(=O)c1c(C2=CCCC=C2)[nH]c2cc(N3CCN(C)CC3)c(F)cc2c1=O. The summed E-state index contributed by atoms with van der Waals surface area (Å²) in [5.74, 6) is -1.16. The number of ether oxygens (including phenoxy) is 1. The van der Waals surface area contributed by atoms with Gasteiger partial charge in [0, 0.05) is 31.6 Å². The molecule has 7 heteroatoms. The third kappa shape index (κ3) is 3.77. The highest BCUT2D eigenvalue weighted by atomic mass is 19.1. The number of aromatic nitrogens is 1. The molecule has 0 saturated carbocycles. The molecule has 4 rings (SSSR count). The average Bonchev–Trinajstić information content (AvgIpc) is 2.75. The highest BCUT2D eigenvalue weighted by Crippen LogP contribution is 2.28. The second-order valence-corrected chi connectivity index (χ2v) is 7.70. The van der Waals surface area contributed by atoms with Gasteiger partial charge in [-0.15, -0.1) is 0 Å². The molecular weight excluding hydrogens is 385 g/mol. The summed E-state index contributed by atoms with van der Waals surface area (Å²) in [6.07, 6.45) is 7.63. The fraction of sp³-hybridized carbons (Fsp3) is 0.391. The molecule has 1 aliphatic carbocycles. The van der Waals surface area contributed by atoms with E-state index in [4.69, 9.17) is 4.74 Å². The van der Waals surface area contributed by atoms with Crippen molar-refractivity contribution in [1.82, 2.24) is 9.88 Å². The fourth-order valence-electron chi connectivity index (χ4n) is 4.00. The van der Waals surface area contributed by atoms with Gasteiger partial charge in [-0.2, -0.15) is 0 Å². The zero-order valence-electron chi connectivity index (χ0n) is 17.3. The number of allylic oxidation sites excluding steroid dienone is 4. The van der Waals surface area contributed by atoms with Gasteiger partial charge in [0.05, 0.1) is 23.5 Å². The first-order chi connectivity index (χ1) is 14.5. The number of carbonyl (C=O) groups excluding carboxylic acids is 1. The molecule has 30 heavy (non-hydrogen) atoms. The third-order valence-corrected chi connectivity index (χ3v) is 5.68. The number of nitrogens with zero attached hydrogens (tertiary/aromatic N) is 2. The van der Waals surface area contributed by atoms with E-state index in [-0.39, 0.29) is 17.6 Å². The van der Waals surface area contributed by atoms with Crippen LogP contribution < -0.4 is 10.3 Å². The molecule has 0 atom stereocenters. The van der Waals surface area contributed by atoms with E-state index in [0.717, 1.165) is 31.5 Å². The van der Waals surface area contributed by atoms with Crippen LogP contribution in [-0.2, 0) is 4.74 Å². The number of piperazine rings is 1. The van der Waals surface area contributed by atoms with Gasteiger partial charge in [-0.05, 0) is 44.5 Å². The van der Waals surface area contributed by atoms with Crippen LogP contribution in [0.15, 0.2) is 35.2 Å². The molecule has 158 valence electrons. The second kappa shape index (κ2) is 8.44. The van der Waals surface area contributed by atoms with Gasteiger partial charge in [0.25, 0.3) is 0 Å². The molecule has 2 heterocycles. The van der Waals surface area contributed by atoms with E-state index in [9.17, 15) is 14.0 Å². The summed E-state index contributed by atoms with van der Waals surface area (Å²) < 4.78 is 20.1. The van der Waals surface area contributed by atoms with Crippen LogP contribution in [-0.4, -0.2) is 55.7 Å². The Bertz CT molecular complexity index is 1100. The average molecular weight is 411 g/mol. The number of hydrogen-bond acceptors (Lipinski definition) is 5. The molecule has 0 radical (unpaired) electrons. The molecule has 0 bridgehead atoms. The number of nitrogens with one attached hydrogen (secondary N) is 1. The molecule has 1 fully saturated rings. The third-order valence-electron chi connectivity index (χ3n) is 5.68. The van der Waals surface area contributed by atoms with Crippen LogP contribution in [0.25, 0.3) is 16.5 Å². The van der Waals surface area contributed by atoms with Gasteiger partial charge in [0.1, 0.15) is 11.4 Å². The van der Waals surface area contributed by atoms with E-state index in [1.165, 1.54) is 6.07 Å². The van der Waals surface area contributed by atoms with Crippen molar-refractivity contribution in [2.75, 3.05) is 44.7 Å². The summed E-state index contributed by atoms with van der Waals surface area (Å²) in [5.41, 5.74) is 1.59. The van der Waals surface area contributed by atoms with Crippen LogP contribution in [0.5, 0.6) is 0 Å². The molecule has 1 aliphatic heterocycles.